The van der Waals surface area contributed by atoms with Crippen molar-refractivity contribution in [2.45, 2.75) is 44.7 Å². The van der Waals surface area contributed by atoms with Gasteiger partial charge >= 0.3 is 13.8 Å². The molecule has 5 atom stereocenters. The van der Waals surface area contributed by atoms with Gasteiger partial charge in [0.05, 0.1) is 17.7 Å². The Morgan fingerprint density at radius 2 is 2.25 bits per heavy atom. The summed E-state index contributed by atoms with van der Waals surface area (Å²) in [4.78, 5) is 15.7. The molecule has 0 aliphatic carbocycles. The van der Waals surface area contributed by atoms with Gasteiger partial charge in [-0.1, -0.05) is 0 Å². The third-order valence-corrected chi connectivity index (χ3v) is 6.51. The van der Waals surface area contributed by atoms with E-state index in [-0.39, 0.29) is 18.1 Å². The smallest absolute Gasteiger partial charge is 0.437 e. The van der Waals surface area contributed by atoms with E-state index < -0.39 is 49.9 Å². The summed E-state index contributed by atoms with van der Waals surface area (Å²) in [6.07, 6.45) is -2.54. The average molecular weight is 467 g/mol. The van der Waals surface area contributed by atoms with E-state index in [1.54, 1.807) is 26.8 Å². The highest BCUT2D eigenvalue weighted by Crippen LogP contribution is 2.58. The Morgan fingerprint density at radius 1 is 1.50 bits per heavy atom. The fourth-order valence-electron chi connectivity index (χ4n) is 3.43. The minimum atomic E-state index is -4.21. The zero-order chi connectivity index (χ0) is 23.3. The number of aliphatic hydroxyl groups is 1. The number of aliphatic hydroxyl groups excluding tert-OH is 1. The first-order chi connectivity index (χ1) is 15.0. The maximum atomic E-state index is 12.8. The van der Waals surface area contributed by atoms with Crippen LogP contribution in [0.15, 0.2) is 18.5 Å². The van der Waals surface area contributed by atoms with Gasteiger partial charge in [0.2, 0.25) is 12.4 Å². The van der Waals surface area contributed by atoms with E-state index in [2.05, 4.69) is 10.1 Å². The highest BCUT2D eigenvalue weighted by atomic mass is 31.2. The van der Waals surface area contributed by atoms with Crippen LogP contribution in [0.5, 0.6) is 0 Å². The number of fused-ring (bicyclic) bond motifs is 2. The summed E-state index contributed by atoms with van der Waals surface area (Å²) in [6, 6.07) is 5.07. The van der Waals surface area contributed by atoms with Crippen LogP contribution in [0.3, 0.4) is 0 Å². The SMILES string of the molecule is CC(C)(C)C(=O)OCO[P@@]1(=O)OCC2O[C@@](C#N)(c3ccc4c(N)ncnn34)[C@H](O)[C@@H]2O1. The summed E-state index contributed by atoms with van der Waals surface area (Å²) in [5.41, 5.74) is 3.74. The van der Waals surface area contributed by atoms with Crippen molar-refractivity contribution in [2.75, 3.05) is 19.1 Å². The Bertz CT molecular complexity index is 1140. The normalized spacial score (nSPS) is 32.4. The molecule has 4 rings (SSSR count). The van der Waals surface area contributed by atoms with Crippen LogP contribution in [0.1, 0.15) is 26.5 Å². The number of nitriles is 1. The number of aromatic nitrogens is 3. The lowest BCUT2D eigenvalue weighted by molar-refractivity contribution is -0.162. The molecule has 2 fully saturated rings. The first kappa shape index (κ1) is 22.6. The maximum Gasteiger partial charge on any atom is 0.478 e. The molecule has 4 heterocycles. The summed E-state index contributed by atoms with van der Waals surface area (Å²) in [6.45, 7) is 3.97. The van der Waals surface area contributed by atoms with Gasteiger partial charge < -0.3 is 20.3 Å². The Hall–Kier alpha value is -2.59. The summed E-state index contributed by atoms with van der Waals surface area (Å²) in [5, 5.41) is 25.1. The summed E-state index contributed by atoms with van der Waals surface area (Å²) >= 11 is 0. The van der Waals surface area contributed by atoms with Gasteiger partial charge in [-0.05, 0) is 32.9 Å². The monoisotopic (exact) mass is 467 g/mol. The molecule has 13 nitrogen and oxygen atoms in total. The third kappa shape index (κ3) is 3.65. The molecule has 2 aliphatic rings. The molecule has 0 spiro atoms. The number of esters is 1. The van der Waals surface area contributed by atoms with Crippen LogP contribution in [0.2, 0.25) is 0 Å². The Labute approximate surface area is 182 Å². The van der Waals surface area contributed by atoms with Gasteiger partial charge in [-0.15, -0.1) is 0 Å². The number of carbonyl (C=O) groups is 1. The molecule has 32 heavy (non-hydrogen) atoms. The molecule has 2 aromatic heterocycles. The zero-order valence-electron chi connectivity index (χ0n) is 17.5. The number of phosphoric ester groups is 1. The highest BCUT2D eigenvalue weighted by molar-refractivity contribution is 7.48. The fourth-order valence-corrected chi connectivity index (χ4v) is 4.69. The summed E-state index contributed by atoms with van der Waals surface area (Å²) < 4.78 is 40.6. The summed E-state index contributed by atoms with van der Waals surface area (Å²) in [5.74, 6) is -0.403. The zero-order valence-corrected chi connectivity index (χ0v) is 18.4. The van der Waals surface area contributed by atoms with Crippen molar-refractivity contribution in [1.29, 1.82) is 5.26 Å². The van der Waals surface area contributed by atoms with Crippen LogP contribution in [0.25, 0.3) is 5.52 Å². The lowest BCUT2D eigenvalue weighted by Crippen LogP contribution is -2.43. The van der Waals surface area contributed by atoms with Gasteiger partial charge in [-0.2, -0.15) is 10.4 Å². The number of nitrogens with zero attached hydrogens (tertiary/aromatic N) is 4. The van der Waals surface area contributed by atoms with E-state index in [0.717, 1.165) is 0 Å². The molecule has 0 bridgehead atoms. The molecule has 3 N–H and O–H groups in total. The third-order valence-electron chi connectivity index (χ3n) is 5.12. The minimum Gasteiger partial charge on any atom is -0.437 e. The van der Waals surface area contributed by atoms with Crippen LogP contribution < -0.4 is 5.73 Å². The molecular formula is C18H22N5O8P. The first-order valence-electron chi connectivity index (χ1n) is 9.61. The Morgan fingerprint density at radius 3 is 2.94 bits per heavy atom. The second kappa shape index (κ2) is 7.77. The minimum absolute atomic E-state index is 0.173. The molecule has 0 amide bonds. The molecule has 1 unspecified atom stereocenters. The lowest BCUT2D eigenvalue weighted by atomic mass is 9.92. The van der Waals surface area contributed by atoms with Gasteiger partial charge in [-0.25, -0.2) is 18.6 Å². The number of carbonyl (C=O) groups excluding carboxylic acids is 1. The standard InChI is InChI=1S/C18H22N5O8P/c1-17(2,3)16(25)27-9-29-32(26)28-6-11-13(31-32)14(24)18(7-19,30-11)12-5-4-10-15(20)21-8-22-23(10)12/h4-5,8,11,13-14,24H,6,9H2,1-3H3,(H2,20,21,22)/t11?,13-,14-,18+,32-/m1/s1. The van der Waals surface area contributed by atoms with E-state index in [1.165, 1.54) is 16.9 Å². The molecule has 2 aromatic rings. The van der Waals surface area contributed by atoms with Gasteiger partial charge in [0.1, 0.15) is 36.2 Å². The van der Waals surface area contributed by atoms with E-state index in [1.807, 2.05) is 6.07 Å². The van der Waals surface area contributed by atoms with Crippen LogP contribution in [-0.2, 0) is 38.0 Å². The van der Waals surface area contributed by atoms with Crippen LogP contribution in [0.4, 0.5) is 5.82 Å². The molecule has 172 valence electrons. The number of nitrogens with two attached hydrogens (primary N) is 1. The number of rotatable bonds is 4. The Kier molecular flexibility index (Phi) is 5.49. The molecule has 0 aromatic carbocycles. The predicted octanol–water partition coefficient (Wildman–Crippen LogP) is 0.877. The van der Waals surface area contributed by atoms with Crippen molar-refractivity contribution < 1.29 is 37.5 Å². The van der Waals surface area contributed by atoms with Crippen molar-refractivity contribution in [3.63, 3.8) is 0 Å². The maximum absolute atomic E-state index is 12.8. The second-order valence-corrected chi connectivity index (χ2v) is 9.97. The van der Waals surface area contributed by atoms with Gasteiger partial charge in [0.15, 0.2) is 5.82 Å². The quantitative estimate of drug-likeness (QED) is 0.368. The summed E-state index contributed by atoms with van der Waals surface area (Å²) in [7, 11) is -4.21. The largest absolute Gasteiger partial charge is 0.478 e. The van der Waals surface area contributed by atoms with Crippen LogP contribution in [0, 0.1) is 16.7 Å². The van der Waals surface area contributed by atoms with Gasteiger partial charge in [-0.3, -0.25) is 13.8 Å². The number of hydrogen-bond donors (Lipinski definition) is 2. The van der Waals surface area contributed by atoms with Crippen LogP contribution in [-0.4, -0.2) is 57.4 Å². The topological polar surface area (TPSA) is 181 Å². The van der Waals surface area contributed by atoms with Crippen molar-refractivity contribution in [3.8, 4) is 6.07 Å². The Balaban J connectivity index is 1.55. The van der Waals surface area contributed by atoms with E-state index in [9.17, 15) is 19.7 Å². The number of nitrogen functional groups attached to an aromatic ring is 1. The first-order valence-corrected chi connectivity index (χ1v) is 11.1. The van der Waals surface area contributed by atoms with Crippen LogP contribution >= 0.6 is 7.82 Å². The predicted molar refractivity (Wildman–Crippen MR) is 106 cm³/mol. The molecular weight excluding hydrogens is 445 g/mol. The van der Waals surface area contributed by atoms with E-state index in [0.29, 0.717) is 5.52 Å². The number of phosphoric acid groups is 1. The molecule has 0 radical (unpaired) electrons. The van der Waals surface area contributed by atoms with E-state index >= 15 is 0 Å². The van der Waals surface area contributed by atoms with Crippen molar-refractivity contribution in [1.82, 2.24) is 14.6 Å². The highest BCUT2D eigenvalue weighted by Gasteiger charge is 2.62. The number of ether oxygens (including phenoxy) is 2. The average Bonchev–Trinajstić information content (AvgIpc) is 3.28. The van der Waals surface area contributed by atoms with Gasteiger partial charge in [0.25, 0.3) is 0 Å². The second-order valence-electron chi connectivity index (χ2n) is 8.35. The van der Waals surface area contributed by atoms with E-state index in [4.69, 9.17) is 28.8 Å². The fraction of sp³-hybridized carbons (Fsp3) is 0.556. The lowest BCUT2D eigenvalue weighted by Gasteiger charge is -2.30. The van der Waals surface area contributed by atoms with Crippen molar-refractivity contribution in [2.24, 2.45) is 5.41 Å². The van der Waals surface area contributed by atoms with Gasteiger partial charge in [0, 0.05) is 0 Å². The number of anilines is 1. The molecule has 2 saturated heterocycles. The van der Waals surface area contributed by atoms with Crippen molar-refractivity contribution in [3.05, 3.63) is 24.2 Å². The molecule has 2 aliphatic heterocycles. The number of hydrogen-bond acceptors (Lipinski definition) is 12. The van der Waals surface area contributed by atoms with Crippen molar-refractivity contribution >= 4 is 25.1 Å². The molecule has 0 saturated carbocycles. The molecule has 14 heteroatoms.